The molecular formula is C67H45N3. The lowest BCUT2D eigenvalue weighted by molar-refractivity contribution is 0.793. The van der Waals surface area contributed by atoms with Gasteiger partial charge < -0.3 is 14.4 Å². The highest BCUT2D eigenvalue weighted by Gasteiger charge is 2.52. The monoisotopic (exact) mass is 891 g/mol. The van der Waals surface area contributed by atoms with Gasteiger partial charge in [-0.25, -0.2) is 0 Å². The van der Waals surface area contributed by atoms with E-state index >= 15 is 0 Å². The molecule has 2 aliphatic rings. The summed E-state index contributed by atoms with van der Waals surface area (Å²) in [4.78, 5) is 4.88. The molecule has 1 aromatic heterocycles. The zero-order valence-electron chi connectivity index (χ0n) is 38.3. The number of rotatable bonds is 8. The topological polar surface area (TPSA) is 11.4 Å². The van der Waals surface area contributed by atoms with Gasteiger partial charge in [-0.15, -0.1) is 0 Å². The SMILES string of the molecule is c1ccc(-c2cccc(N(c3ccc4c(c3)-c3ccccc3C43c4ccccc4-c4c(N(c5ccccc5)c5ccccc5)cccc43)c3ccc4c5ccccc5n(-c5ccccc5)c4c3)c2)cc1. The Morgan fingerprint density at radius 1 is 0.286 bits per heavy atom. The number of nitrogens with zero attached hydrogens (tertiary/aromatic N) is 3. The molecule has 1 unspecified atom stereocenters. The molecule has 70 heavy (non-hydrogen) atoms. The third-order valence-electron chi connectivity index (χ3n) is 14.7. The maximum atomic E-state index is 2.46. The molecule has 2 aliphatic carbocycles. The minimum Gasteiger partial charge on any atom is -0.310 e. The van der Waals surface area contributed by atoms with Crippen LogP contribution in [0.25, 0.3) is 60.9 Å². The number of anilines is 6. The van der Waals surface area contributed by atoms with E-state index < -0.39 is 5.41 Å². The number of aromatic nitrogens is 1. The summed E-state index contributed by atoms with van der Waals surface area (Å²) in [6.45, 7) is 0. The Morgan fingerprint density at radius 2 is 0.800 bits per heavy atom. The molecule has 0 aliphatic heterocycles. The number of para-hydroxylation sites is 4. The zero-order valence-corrected chi connectivity index (χ0v) is 38.3. The normalized spacial score (nSPS) is 14.1. The smallest absolute Gasteiger partial charge is 0.0726 e. The van der Waals surface area contributed by atoms with Crippen LogP contribution in [0.2, 0.25) is 0 Å². The highest BCUT2D eigenvalue weighted by atomic mass is 15.2. The average molecular weight is 892 g/mol. The van der Waals surface area contributed by atoms with Gasteiger partial charge in [0.2, 0.25) is 0 Å². The largest absolute Gasteiger partial charge is 0.310 e. The fraction of sp³-hybridized carbons (Fsp3) is 0.0149. The van der Waals surface area contributed by atoms with Crippen LogP contribution in [0.3, 0.4) is 0 Å². The molecule has 0 bridgehead atoms. The van der Waals surface area contributed by atoms with E-state index in [1.54, 1.807) is 0 Å². The van der Waals surface area contributed by atoms with Crippen LogP contribution in [0.4, 0.5) is 34.1 Å². The second-order valence-electron chi connectivity index (χ2n) is 18.4. The van der Waals surface area contributed by atoms with Crippen LogP contribution in [-0.2, 0) is 5.41 Å². The Bertz CT molecular complexity index is 3910. The summed E-state index contributed by atoms with van der Waals surface area (Å²) in [6, 6.07) is 100. The first-order valence-electron chi connectivity index (χ1n) is 24.2. The summed E-state index contributed by atoms with van der Waals surface area (Å²) < 4.78 is 2.41. The van der Waals surface area contributed by atoms with E-state index in [1.807, 2.05) is 0 Å². The molecule has 3 heteroatoms. The fourth-order valence-electron chi connectivity index (χ4n) is 11.9. The van der Waals surface area contributed by atoms with E-state index in [0.717, 1.165) is 45.3 Å². The van der Waals surface area contributed by atoms with Gasteiger partial charge in [-0.1, -0.05) is 188 Å². The van der Waals surface area contributed by atoms with Crippen molar-refractivity contribution in [2.45, 2.75) is 5.41 Å². The molecule has 1 heterocycles. The molecular weight excluding hydrogens is 847 g/mol. The lowest BCUT2D eigenvalue weighted by atomic mass is 9.70. The van der Waals surface area contributed by atoms with E-state index in [-0.39, 0.29) is 0 Å². The molecule has 0 amide bonds. The molecule has 3 nitrogen and oxygen atoms in total. The lowest BCUT2D eigenvalue weighted by Gasteiger charge is -2.32. The molecule has 0 saturated heterocycles. The van der Waals surface area contributed by atoms with Crippen LogP contribution < -0.4 is 9.80 Å². The maximum absolute atomic E-state index is 2.46. The molecule has 1 spiro atoms. The van der Waals surface area contributed by atoms with Gasteiger partial charge in [-0.3, -0.25) is 0 Å². The van der Waals surface area contributed by atoms with Crippen LogP contribution >= 0.6 is 0 Å². The average Bonchev–Trinajstić information content (AvgIpc) is 4.04. The maximum Gasteiger partial charge on any atom is 0.0726 e. The molecule has 328 valence electrons. The Kier molecular flexibility index (Phi) is 9.11. The van der Waals surface area contributed by atoms with Crippen molar-refractivity contribution in [2.75, 3.05) is 9.80 Å². The zero-order chi connectivity index (χ0) is 46.2. The van der Waals surface area contributed by atoms with Gasteiger partial charge in [0.25, 0.3) is 0 Å². The fourth-order valence-corrected chi connectivity index (χ4v) is 11.9. The summed E-state index contributed by atoms with van der Waals surface area (Å²) in [7, 11) is 0. The van der Waals surface area contributed by atoms with Crippen LogP contribution in [0, 0.1) is 0 Å². The van der Waals surface area contributed by atoms with Crippen LogP contribution in [0.15, 0.2) is 273 Å². The molecule has 0 fully saturated rings. The van der Waals surface area contributed by atoms with Gasteiger partial charge in [0, 0.05) is 50.5 Å². The van der Waals surface area contributed by atoms with Crippen molar-refractivity contribution in [1.29, 1.82) is 0 Å². The van der Waals surface area contributed by atoms with Crippen molar-refractivity contribution in [3.05, 3.63) is 295 Å². The number of fused-ring (bicyclic) bond motifs is 13. The predicted octanol–water partition coefficient (Wildman–Crippen LogP) is 17.7. The van der Waals surface area contributed by atoms with Crippen molar-refractivity contribution >= 4 is 55.9 Å². The van der Waals surface area contributed by atoms with Crippen molar-refractivity contribution in [3.63, 3.8) is 0 Å². The standard InChI is InChI=1S/C67H45N3/c1-5-21-46(22-6-1)47-23-19-30-51(43-47)68(53-39-41-56-55-32-15-18-37-63(55)70(65(56)45-53)50-28-11-4-12-29-50)52-40-42-61-58(44-52)54-31-13-16-34-59(54)67(61)60-35-17-14-33-57(60)66-62(67)36-20-38-64(66)69(48-24-7-2-8-25-48)49-26-9-3-10-27-49/h1-45H. The Labute approximate surface area is 408 Å². The van der Waals surface area contributed by atoms with Gasteiger partial charge in [-0.2, -0.15) is 0 Å². The van der Waals surface area contributed by atoms with E-state index in [2.05, 4.69) is 287 Å². The van der Waals surface area contributed by atoms with Gasteiger partial charge in [-0.05, 0) is 135 Å². The number of hydrogen-bond acceptors (Lipinski definition) is 2. The summed E-state index contributed by atoms with van der Waals surface area (Å²) in [5, 5.41) is 2.46. The molecule has 0 radical (unpaired) electrons. The Hall–Kier alpha value is -9.18. The van der Waals surface area contributed by atoms with E-state index in [0.29, 0.717) is 0 Å². The predicted molar refractivity (Wildman–Crippen MR) is 292 cm³/mol. The minimum absolute atomic E-state index is 0.543. The molecule has 0 saturated carbocycles. The highest BCUT2D eigenvalue weighted by Crippen LogP contribution is 2.65. The van der Waals surface area contributed by atoms with Gasteiger partial charge in [0.15, 0.2) is 0 Å². The van der Waals surface area contributed by atoms with Crippen molar-refractivity contribution in [2.24, 2.45) is 0 Å². The summed E-state index contributed by atoms with van der Waals surface area (Å²) in [5.74, 6) is 0. The molecule has 11 aromatic carbocycles. The molecule has 12 aromatic rings. The first-order chi connectivity index (χ1) is 34.8. The Balaban J connectivity index is 1.01. The first-order valence-corrected chi connectivity index (χ1v) is 24.2. The second-order valence-corrected chi connectivity index (χ2v) is 18.4. The van der Waals surface area contributed by atoms with Crippen LogP contribution in [0.5, 0.6) is 0 Å². The van der Waals surface area contributed by atoms with Crippen molar-refractivity contribution in [3.8, 4) is 39.1 Å². The van der Waals surface area contributed by atoms with Gasteiger partial charge in [0.1, 0.15) is 0 Å². The highest BCUT2D eigenvalue weighted by molar-refractivity contribution is 6.10. The van der Waals surface area contributed by atoms with E-state index in [9.17, 15) is 0 Å². The third-order valence-corrected chi connectivity index (χ3v) is 14.7. The van der Waals surface area contributed by atoms with Crippen molar-refractivity contribution < 1.29 is 0 Å². The number of benzene rings is 11. The lowest BCUT2D eigenvalue weighted by Crippen LogP contribution is -2.26. The number of hydrogen-bond donors (Lipinski definition) is 0. The molecule has 1 atom stereocenters. The second kappa shape index (κ2) is 16.0. The quantitative estimate of drug-likeness (QED) is 0.151. The minimum atomic E-state index is -0.543. The van der Waals surface area contributed by atoms with E-state index in [4.69, 9.17) is 0 Å². The summed E-state index contributed by atoms with van der Waals surface area (Å²) >= 11 is 0. The third kappa shape index (κ3) is 5.95. The summed E-state index contributed by atoms with van der Waals surface area (Å²) in [6.07, 6.45) is 0. The molecule has 0 N–H and O–H groups in total. The first kappa shape index (κ1) is 39.9. The van der Waals surface area contributed by atoms with Crippen LogP contribution in [-0.4, -0.2) is 4.57 Å². The van der Waals surface area contributed by atoms with E-state index in [1.165, 1.54) is 71.9 Å². The van der Waals surface area contributed by atoms with Gasteiger partial charge in [0.05, 0.1) is 22.1 Å². The molecule has 14 rings (SSSR count). The Morgan fingerprint density at radius 3 is 1.56 bits per heavy atom. The summed E-state index contributed by atoms with van der Waals surface area (Å²) in [5.41, 5.74) is 22.2. The van der Waals surface area contributed by atoms with Crippen molar-refractivity contribution in [1.82, 2.24) is 4.57 Å². The van der Waals surface area contributed by atoms with Crippen LogP contribution in [0.1, 0.15) is 22.3 Å². The van der Waals surface area contributed by atoms with Gasteiger partial charge >= 0.3 is 0 Å².